The van der Waals surface area contributed by atoms with Gasteiger partial charge >= 0.3 is 0 Å². The van der Waals surface area contributed by atoms with E-state index >= 15 is 0 Å². The van der Waals surface area contributed by atoms with Gasteiger partial charge in [0, 0.05) is 22.4 Å². The molecular weight excluding hydrogens is 783 g/mol. The highest BCUT2D eigenvalue weighted by molar-refractivity contribution is 5.98. The van der Waals surface area contributed by atoms with Crippen LogP contribution in [0.4, 0.5) is 17.1 Å². The predicted octanol–water partition coefficient (Wildman–Crippen LogP) is 16.8. The lowest BCUT2D eigenvalue weighted by atomic mass is 9.68. The Kier molecular flexibility index (Phi) is 9.14. The van der Waals surface area contributed by atoms with Gasteiger partial charge in [0.1, 0.15) is 0 Å². The van der Waals surface area contributed by atoms with E-state index in [1.165, 1.54) is 89.0 Å². The van der Waals surface area contributed by atoms with Crippen LogP contribution in [0.3, 0.4) is 0 Å². The van der Waals surface area contributed by atoms with Crippen molar-refractivity contribution in [2.45, 2.75) is 24.7 Å². The molecule has 0 saturated carbocycles. The second kappa shape index (κ2) is 15.4. The van der Waals surface area contributed by atoms with Crippen LogP contribution in [0.15, 0.2) is 249 Å². The second-order valence-corrected chi connectivity index (χ2v) is 18.0. The second-order valence-electron chi connectivity index (χ2n) is 18.0. The van der Waals surface area contributed by atoms with Gasteiger partial charge in [0.25, 0.3) is 0 Å². The van der Waals surface area contributed by atoms with Gasteiger partial charge in [-0.3, -0.25) is 0 Å². The molecule has 0 atom stereocenters. The van der Waals surface area contributed by atoms with E-state index < -0.39 is 5.41 Å². The van der Waals surface area contributed by atoms with Gasteiger partial charge in [-0.1, -0.05) is 226 Å². The van der Waals surface area contributed by atoms with Crippen molar-refractivity contribution >= 4 is 17.1 Å². The van der Waals surface area contributed by atoms with Crippen molar-refractivity contribution in [2.24, 2.45) is 0 Å². The minimum absolute atomic E-state index is 0.0643. The van der Waals surface area contributed by atoms with Crippen LogP contribution < -0.4 is 4.90 Å². The first-order valence-corrected chi connectivity index (χ1v) is 22.8. The van der Waals surface area contributed by atoms with Crippen LogP contribution in [0.1, 0.15) is 47.2 Å². The van der Waals surface area contributed by atoms with Gasteiger partial charge in [0.15, 0.2) is 0 Å². The minimum Gasteiger partial charge on any atom is -0.310 e. The highest BCUT2D eigenvalue weighted by Gasteiger charge is 2.47. The van der Waals surface area contributed by atoms with Gasteiger partial charge in [0.05, 0.1) is 11.1 Å². The largest absolute Gasteiger partial charge is 0.310 e. The highest BCUT2D eigenvalue weighted by Crippen LogP contribution is 2.59. The number of benzene rings is 10. The van der Waals surface area contributed by atoms with E-state index in [0.717, 1.165) is 17.1 Å². The van der Waals surface area contributed by atoms with Crippen molar-refractivity contribution in [1.82, 2.24) is 0 Å². The van der Waals surface area contributed by atoms with Crippen molar-refractivity contribution in [1.29, 1.82) is 0 Å². The quantitative estimate of drug-likeness (QED) is 0.147. The van der Waals surface area contributed by atoms with Crippen LogP contribution in [0.25, 0.3) is 55.6 Å². The van der Waals surface area contributed by atoms with E-state index in [1.807, 2.05) is 0 Å². The van der Waals surface area contributed by atoms with E-state index in [2.05, 4.69) is 267 Å². The zero-order valence-electron chi connectivity index (χ0n) is 36.6. The first-order chi connectivity index (χ1) is 32.0. The number of fused-ring (bicyclic) bond motifs is 6. The third-order valence-electron chi connectivity index (χ3n) is 14.2. The van der Waals surface area contributed by atoms with E-state index in [-0.39, 0.29) is 5.41 Å². The lowest BCUT2D eigenvalue weighted by Gasteiger charge is -2.34. The molecule has 10 aromatic rings. The summed E-state index contributed by atoms with van der Waals surface area (Å²) in [6, 6.07) is 91.9. The molecule has 0 N–H and O–H groups in total. The zero-order chi connectivity index (χ0) is 43.5. The van der Waals surface area contributed by atoms with Gasteiger partial charge in [-0.25, -0.2) is 0 Å². The van der Waals surface area contributed by atoms with Gasteiger partial charge in [-0.2, -0.15) is 0 Å². The Bertz CT molecular complexity index is 3320. The zero-order valence-corrected chi connectivity index (χ0v) is 36.6. The Balaban J connectivity index is 1.04. The molecule has 2 aliphatic carbocycles. The topological polar surface area (TPSA) is 3.24 Å². The molecule has 2 aliphatic rings. The molecule has 0 heterocycles. The fourth-order valence-corrected chi connectivity index (χ4v) is 11.2. The molecule has 0 amide bonds. The fraction of sp³-hybridized carbons (Fsp3) is 0.0625. The first kappa shape index (κ1) is 38.7. The molecule has 0 saturated heterocycles. The smallest absolute Gasteiger partial charge is 0.0714 e. The average Bonchev–Trinajstić information content (AvgIpc) is 3.81. The third kappa shape index (κ3) is 6.07. The van der Waals surface area contributed by atoms with Crippen LogP contribution in [0.5, 0.6) is 0 Å². The number of rotatable bonds is 8. The summed E-state index contributed by atoms with van der Waals surface area (Å²) in [5.74, 6) is 0. The summed E-state index contributed by atoms with van der Waals surface area (Å²) in [4.78, 5) is 2.47. The molecule has 0 radical (unpaired) electrons. The molecule has 0 fully saturated rings. The Morgan fingerprint density at radius 3 is 1.35 bits per heavy atom. The van der Waals surface area contributed by atoms with E-state index in [0.29, 0.717) is 0 Å². The van der Waals surface area contributed by atoms with Gasteiger partial charge in [0.2, 0.25) is 0 Å². The Morgan fingerprint density at radius 2 is 0.738 bits per heavy atom. The highest BCUT2D eigenvalue weighted by atomic mass is 15.1. The molecule has 0 spiro atoms. The molecule has 0 bridgehead atoms. The Morgan fingerprint density at radius 1 is 0.292 bits per heavy atom. The summed E-state index contributed by atoms with van der Waals surface area (Å²) in [5, 5.41) is 0. The Hall–Kier alpha value is -8.00. The lowest BCUT2D eigenvalue weighted by Crippen LogP contribution is -2.28. The van der Waals surface area contributed by atoms with Crippen molar-refractivity contribution in [3.05, 3.63) is 282 Å². The Labute approximate surface area is 382 Å². The van der Waals surface area contributed by atoms with Crippen molar-refractivity contribution in [2.75, 3.05) is 4.90 Å². The summed E-state index contributed by atoms with van der Waals surface area (Å²) in [5.41, 5.74) is 23.1. The van der Waals surface area contributed by atoms with Crippen molar-refractivity contribution < 1.29 is 0 Å². The normalized spacial score (nSPS) is 13.6. The molecule has 0 aliphatic heterocycles. The van der Waals surface area contributed by atoms with Crippen molar-refractivity contribution in [3.8, 4) is 55.6 Å². The third-order valence-corrected chi connectivity index (χ3v) is 14.2. The molecule has 1 nitrogen and oxygen atoms in total. The van der Waals surface area contributed by atoms with Crippen LogP contribution in [-0.4, -0.2) is 0 Å². The molecule has 12 rings (SSSR count). The van der Waals surface area contributed by atoms with Gasteiger partial charge in [-0.05, 0) is 120 Å². The summed E-state index contributed by atoms with van der Waals surface area (Å²) in [6.45, 7) is 4.71. The fourth-order valence-electron chi connectivity index (χ4n) is 11.2. The van der Waals surface area contributed by atoms with Gasteiger partial charge in [-0.15, -0.1) is 0 Å². The van der Waals surface area contributed by atoms with Crippen LogP contribution in [0.2, 0.25) is 0 Å². The van der Waals surface area contributed by atoms with Crippen molar-refractivity contribution in [3.63, 3.8) is 0 Å². The van der Waals surface area contributed by atoms with E-state index in [4.69, 9.17) is 0 Å². The molecule has 0 aromatic heterocycles. The predicted molar refractivity (Wildman–Crippen MR) is 272 cm³/mol. The first-order valence-electron chi connectivity index (χ1n) is 22.8. The summed E-state index contributed by atoms with van der Waals surface area (Å²) in [7, 11) is 0. The molecule has 0 unspecified atom stereocenters. The SMILES string of the molecule is CC1(C)c2ccccc2-c2ccc(-c3ccc(N(c4ccc(-c5ccccc5-c5ccccc5)cc4)c4cccc5c4-c4ccccc4C5(c4ccccc4)c4ccccc4)cc3)cc21. The van der Waals surface area contributed by atoms with Crippen LogP contribution >= 0.6 is 0 Å². The summed E-state index contributed by atoms with van der Waals surface area (Å²) < 4.78 is 0. The standard InChI is InChI=1S/C64H47N/c1-63(2)57-29-16-14-27-54(57)55-42-37-47(43-60(55)63)44-33-38-50(39-34-44)65(51-40-35-46(36-41-51)53-26-13-12-25-52(53)45-19-6-3-7-20-45)61-32-18-31-59-62(61)56-28-15-17-30-58(56)64(59,48-21-8-4-9-22-48)49-23-10-5-11-24-49/h3-43H,1-2H3. The number of hydrogen-bond acceptors (Lipinski definition) is 1. The van der Waals surface area contributed by atoms with E-state index in [1.54, 1.807) is 0 Å². The average molecular weight is 830 g/mol. The van der Waals surface area contributed by atoms with E-state index in [9.17, 15) is 0 Å². The number of hydrogen-bond donors (Lipinski definition) is 0. The minimum atomic E-state index is -0.508. The molecule has 1 heteroatoms. The summed E-state index contributed by atoms with van der Waals surface area (Å²) in [6.07, 6.45) is 0. The molecule has 65 heavy (non-hydrogen) atoms. The summed E-state index contributed by atoms with van der Waals surface area (Å²) >= 11 is 0. The monoisotopic (exact) mass is 829 g/mol. The number of anilines is 3. The number of nitrogens with zero attached hydrogens (tertiary/aromatic N) is 1. The maximum absolute atomic E-state index is 2.47. The maximum atomic E-state index is 2.47. The van der Waals surface area contributed by atoms with Crippen LogP contribution in [-0.2, 0) is 10.8 Å². The molecule has 308 valence electrons. The lowest BCUT2D eigenvalue weighted by molar-refractivity contribution is 0.660. The van der Waals surface area contributed by atoms with Gasteiger partial charge < -0.3 is 4.90 Å². The maximum Gasteiger partial charge on any atom is 0.0714 e. The molecular formula is C64H47N. The molecule has 10 aromatic carbocycles. The van der Waals surface area contributed by atoms with Crippen LogP contribution in [0, 0.1) is 0 Å².